The molecule has 106 valence electrons. The zero-order chi connectivity index (χ0) is 14.3. The number of hydrogen-bond acceptors (Lipinski definition) is 3. The molecule has 0 aliphatic carbocycles. The van der Waals surface area contributed by atoms with Gasteiger partial charge in [-0.05, 0) is 44.5 Å². The van der Waals surface area contributed by atoms with Crippen molar-refractivity contribution in [1.29, 1.82) is 0 Å². The third-order valence-corrected chi connectivity index (χ3v) is 3.04. The van der Waals surface area contributed by atoms with Gasteiger partial charge in [0.1, 0.15) is 5.75 Å². The first kappa shape index (κ1) is 16.0. The zero-order valence-corrected chi connectivity index (χ0v) is 12.8. The van der Waals surface area contributed by atoms with Gasteiger partial charge in [-0.25, -0.2) is 0 Å². The Morgan fingerprint density at radius 3 is 2.58 bits per heavy atom. The molecule has 0 aromatic heterocycles. The van der Waals surface area contributed by atoms with Crippen LogP contribution in [0, 0.1) is 0 Å². The summed E-state index contributed by atoms with van der Waals surface area (Å²) in [5, 5.41) is 12.0. The van der Waals surface area contributed by atoms with Crippen LogP contribution in [0.3, 0.4) is 0 Å². The van der Waals surface area contributed by atoms with Crippen molar-refractivity contribution < 1.29 is 14.6 Å². The van der Waals surface area contributed by atoms with Crippen molar-refractivity contribution in [2.45, 2.75) is 38.8 Å². The van der Waals surface area contributed by atoms with Gasteiger partial charge >= 0.3 is 0 Å². The minimum absolute atomic E-state index is 0.0276. The maximum atomic E-state index is 11.6. The van der Waals surface area contributed by atoms with Gasteiger partial charge in [-0.1, -0.05) is 15.9 Å². The Balaban J connectivity index is 2.21. The second kappa shape index (κ2) is 8.17. The predicted molar refractivity (Wildman–Crippen MR) is 78.2 cm³/mol. The highest BCUT2D eigenvalue weighted by Crippen LogP contribution is 2.16. The summed E-state index contributed by atoms with van der Waals surface area (Å²) in [5.74, 6) is 0.679. The fraction of sp³-hybridized carbons (Fsp3) is 0.500. The van der Waals surface area contributed by atoms with E-state index in [0.717, 1.165) is 10.2 Å². The highest BCUT2D eigenvalue weighted by Gasteiger charge is 2.09. The van der Waals surface area contributed by atoms with Crippen LogP contribution >= 0.6 is 15.9 Å². The minimum Gasteiger partial charge on any atom is -0.493 e. The lowest BCUT2D eigenvalue weighted by molar-refractivity contribution is -0.122. The summed E-state index contributed by atoms with van der Waals surface area (Å²) in [6.07, 6.45) is 0.453. The van der Waals surface area contributed by atoms with Crippen molar-refractivity contribution in [3.63, 3.8) is 0 Å². The Morgan fingerprint density at radius 2 is 2.00 bits per heavy atom. The van der Waals surface area contributed by atoms with Crippen LogP contribution in [0.2, 0.25) is 0 Å². The van der Waals surface area contributed by atoms with Gasteiger partial charge in [-0.3, -0.25) is 4.79 Å². The lowest BCUT2D eigenvalue weighted by Crippen LogP contribution is -2.35. The molecular weight excluding hydrogens is 310 g/mol. The van der Waals surface area contributed by atoms with Crippen molar-refractivity contribution in [3.05, 3.63) is 28.7 Å². The Labute approximate surface area is 122 Å². The fourth-order valence-corrected chi connectivity index (χ4v) is 1.97. The van der Waals surface area contributed by atoms with Crippen LogP contribution in [-0.2, 0) is 4.79 Å². The number of amides is 1. The van der Waals surface area contributed by atoms with Gasteiger partial charge < -0.3 is 15.2 Å². The molecule has 1 aromatic carbocycles. The Morgan fingerprint density at radius 1 is 1.37 bits per heavy atom. The molecule has 0 fully saturated rings. The molecule has 19 heavy (non-hydrogen) atoms. The predicted octanol–water partition coefficient (Wildman–Crippen LogP) is 2.49. The number of rotatable bonds is 7. The minimum atomic E-state index is -0.408. The van der Waals surface area contributed by atoms with E-state index < -0.39 is 6.10 Å². The summed E-state index contributed by atoms with van der Waals surface area (Å²) in [7, 11) is 0. The Kier molecular flexibility index (Phi) is 6.87. The first-order valence-corrected chi connectivity index (χ1v) is 7.12. The summed E-state index contributed by atoms with van der Waals surface area (Å²) in [5.41, 5.74) is 0. The molecule has 0 saturated carbocycles. The Hall–Kier alpha value is -1.07. The van der Waals surface area contributed by atoms with Crippen LogP contribution in [0.4, 0.5) is 0 Å². The first-order valence-electron chi connectivity index (χ1n) is 6.33. The molecule has 2 atom stereocenters. The highest BCUT2D eigenvalue weighted by molar-refractivity contribution is 9.10. The lowest BCUT2D eigenvalue weighted by atomic mass is 10.1. The number of carbonyl (C=O) groups is 1. The molecule has 0 bridgehead atoms. The summed E-state index contributed by atoms with van der Waals surface area (Å²) in [6, 6.07) is 7.44. The number of hydrogen-bond donors (Lipinski definition) is 2. The third-order valence-electron chi connectivity index (χ3n) is 2.51. The molecule has 5 heteroatoms. The second-order valence-corrected chi connectivity index (χ2v) is 5.52. The average molecular weight is 330 g/mol. The quantitative estimate of drug-likeness (QED) is 0.808. The molecule has 1 aromatic rings. The van der Waals surface area contributed by atoms with Gasteiger partial charge in [0, 0.05) is 10.5 Å². The van der Waals surface area contributed by atoms with E-state index in [9.17, 15) is 9.90 Å². The van der Waals surface area contributed by atoms with E-state index in [-0.39, 0.29) is 11.9 Å². The molecule has 0 heterocycles. The zero-order valence-electron chi connectivity index (χ0n) is 11.2. The van der Waals surface area contributed by atoms with Gasteiger partial charge in [-0.2, -0.15) is 0 Å². The standard InChI is InChI=1S/C14H20BrNO3/c1-10(9-11(2)17)16-14(18)7-8-19-13-5-3-12(15)4-6-13/h3-6,10-11,17H,7-9H2,1-2H3,(H,16,18). The number of halogens is 1. The monoisotopic (exact) mass is 329 g/mol. The average Bonchev–Trinajstić information content (AvgIpc) is 2.30. The van der Waals surface area contributed by atoms with Crippen LogP contribution in [0.25, 0.3) is 0 Å². The number of ether oxygens (including phenoxy) is 1. The smallest absolute Gasteiger partial charge is 0.223 e. The fourth-order valence-electron chi connectivity index (χ4n) is 1.71. The summed E-state index contributed by atoms with van der Waals surface area (Å²) in [4.78, 5) is 11.6. The number of aliphatic hydroxyl groups excluding tert-OH is 1. The number of carbonyl (C=O) groups excluding carboxylic acids is 1. The van der Waals surface area contributed by atoms with Crippen molar-refractivity contribution in [2.24, 2.45) is 0 Å². The normalized spacial score (nSPS) is 13.7. The number of nitrogens with one attached hydrogen (secondary N) is 1. The SMILES string of the molecule is CC(O)CC(C)NC(=O)CCOc1ccc(Br)cc1. The molecule has 2 unspecified atom stereocenters. The van der Waals surface area contributed by atoms with E-state index in [1.165, 1.54) is 0 Å². The van der Waals surface area contributed by atoms with E-state index in [1.54, 1.807) is 6.92 Å². The van der Waals surface area contributed by atoms with E-state index in [4.69, 9.17) is 4.74 Å². The molecule has 1 rings (SSSR count). The van der Waals surface area contributed by atoms with E-state index >= 15 is 0 Å². The van der Waals surface area contributed by atoms with Crippen LogP contribution in [0.5, 0.6) is 5.75 Å². The molecule has 1 amide bonds. The molecule has 0 aliphatic heterocycles. The van der Waals surface area contributed by atoms with E-state index in [2.05, 4.69) is 21.2 Å². The van der Waals surface area contributed by atoms with Crippen molar-refractivity contribution in [3.8, 4) is 5.75 Å². The molecule has 0 spiro atoms. The molecule has 0 saturated heterocycles. The summed E-state index contributed by atoms with van der Waals surface area (Å²) < 4.78 is 6.45. The third kappa shape index (κ3) is 7.18. The largest absolute Gasteiger partial charge is 0.493 e. The van der Waals surface area contributed by atoms with E-state index in [0.29, 0.717) is 19.4 Å². The van der Waals surface area contributed by atoms with E-state index in [1.807, 2.05) is 31.2 Å². The molecular formula is C14H20BrNO3. The van der Waals surface area contributed by atoms with Crippen LogP contribution < -0.4 is 10.1 Å². The van der Waals surface area contributed by atoms with Crippen LogP contribution in [-0.4, -0.2) is 29.8 Å². The van der Waals surface area contributed by atoms with Gasteiger partial charge in [0.2, 0.25) is 5.91 Å². The van der Waals surface area contributed by atoms with Gasteiger partial charge in [0.25, 0.3) is 0 Å². The topological polar surface area (TPSA) is 58.6 Å². The van der Waals surface area contributed by atoms with Crippen LogP contribution in [0.15, 0.2) is 28.7 Å². The number of benzene rings is 1. The number of aliphatic hydroxyl groups is 1. The van der Waals surface area contributed by atoms with Gasteiger partial charge in [-0.15, -0.1) is 0 Å². The van der Waals surface area contributed by atoms with Crippen molar-refractivity contribution in [1.82, 2.24) is 5.32 Å². The molecule has 0 radical (unpaired) electrons. The lowest BCUT2D eigenvalue weighted by Gasteiger charge is -2.15. The molecule has 2 N–H and O–H groups in total. The molecule has 4 nitrogen and oxygen atoms in total. The van der Waals surface area contributed by atoms with Gasteiger partial charge in [0.05, 0.1) is 19.1 Å². The second-order valence-electron chi connectivity index (χ2n) is 4.61. The molecule has 0 aliphatic rings. The highest BCUT2D eigenvalue weighted by atomic mass is 79.9. The van der Waals surface area contributed by atoms with Crippen LogP contribution in [0.1, 0.15) is 26.7 Å². The van der Waals surface area contributed by atoms with Crippen molar-refractivity contribution in [2.75, 3.05) is 6.61 Å². The summed E-state index contributed by atoms with van der Waals surface area (Å²) >= 11 is 3.34. The maximum Gasteiger partial charge on any atom is 0.223 e. The maximum absolute atomic E-state index is 11.6. The van der Waals surface area contributed by atoms with Crippen molar-refractivity contribution >= 4 is 21.8 Å². The van der Waals surface area contributed by atoms with Gasteiger partial charge in [0.15, 0.2) is 0 Å². The Bertz CT molecular complexity index is 392. The first-order chi connectivity index (χ1) is 8.97. The summed E-state index contributed by atoms with van der Waals surface area (Å²) in [6.45, 7) is 3.92.